The first-order valence-corrected chi connectivity index (χ1v) is 25.1. The first kappa shape index (κ1) is 52.2. The third-order valence-electron chi connectivity index (χ3n) is 11.8. The molecule has 0 bridgehead atoms. The molecule has 4 nitrogen and oxygen atoms in total. The molecule has 4 heteroatoms. The summed E-state index contributed by atoms with van der Waals surface area (Å²) in [7, 11) is 0. The molecule has 1 aromatic rings. The highest BCUT2D eigenvalue weighted by Crippen LogP contribution is 2.17. The van der Waals surface area contributed by atoms with Crippen LogP contribution in [0.25, 0.3) is 0 Å². The van der Waals surface area contributed by atoms with Gasteiger partial charge in [-0.3, -0.25) is 9.59 Å². The third kappa shape index (κ3) is 40.4. The first-order chi connectivity index (χ1) is 27.7. The van der Waals surface area contributed by atoms with Gasteiger partial charge in [0.25, 0.3) is 0 Å². The number of carbonyl (C=O) groups excluding carboxylic acids is 2. The van der Waals surface area contributed by atoms with Crippen molar-refractivity contribution < 1.29 is 19.1 Å². The van der Waals surface area contributed by atoms with Crippen molar-refractivity contribution in [3.63, 3.8) is 0 Å². The minimum absolute atomic E-state index is 0.0227. The molecule has 0 fully saturated rings. The van der Waals surface area contributed by atoms with Gasteiger partial charge in [-0.15, -0.1) is 0 Å². The Bertz CT molecular complexity index is 930. The Kier molecular flexibility index (Phi) is 41.2. The van der Waals surface area contributed by atoms with Gasteiger partial charge in [0.2, 0.25) is 0 Å². The van der Waals surface area contributed by atoms with Gasteiger partial charge in [-0.2, -0.15) is 0 Å². The smallest absolute Gasteiger partial charge is 0.306 e. The van der Waals surface area contributed by atoms with Crippen LogP contribution in [-0.4, -0.2) is 18.5 Å². The topological polar surface area (TPSA) is 52.6 Å². The van der Waals surface area contributed by atoms with Crippen LogP contribution >= 0.6 is 0 Å². The second-order valence-electron chi connectivity index (χ2n) is 17.3. The van der Waals surface area contributed by atoms with Gasteiger partial charge in [0.05, 0.1) is 6.61 Å². The molecule has 0 saturated heterocycles. The lowest BCUT2D eigenvalue weighted by molar-refractivity contribution is -0.145. The molecule has 0 saturated carbocycles. The van der Waals surface area contributed by atoms with Crippen molar-refractivity contribution in [3.8, 4) is 0 Å². The van der Waals surface area contributed by atoms with E-state index in [-0.39, 0.29) is 11.9 Å². The van der Waals surface area contributed by atoms with Crippen molar-refractivity contribution >= 4 is 11.9 Å². The Morgan fingerprint density at radius 2 is 0.607 bits per heavy atom. The number of rotatable bonds is 45. The summed E-state index contributed by atoms with van der Waals surface area (Å²) < 4.78 is 10.8. The lowest BCUT2D eigenvalue weighted by atomic mass is 10.0. The van der Waals surface area contributed by atoms with E-state index in [0.29, 0.717) is 26.1 Å². The predicted octanol–water partition coefficient (Wildman–Crippen LogP) is 17.3. The fraction of sp³-hybridized carbons (Fsp3) is 0.846. The molecule has 56 heavy (non-hydrogen) atoms. The summed E-state index contributed by atoms with van der Waals surface area (Å²) in [5, 5.41) is 0. The molecule has 1 aromatic carbocycles. The van der Waals surface area contributed by atoms with E-state index in [1.165, 1.54) is 225 Å². The quantitative estimate of drug-likeness (QED) is 0.0488. The predicted molar refractivity (Wildman–Crippen MR) is 242 cm³/mol. The average molecular weight is 783 g/mol. The standard InChI is InChI=1S/C52H94O4/c1-2-3-4-5-6-7-8-9-20-23-26-29-32-35-41-46-51(53)55-48-43-37-34-31-28-25-22-19-17-15-13-11-10-12-14-16-18-21-24-27-30-33-36-42-47-52(54)56-49-50-44-39-38-40-45-50/h38-40,44-45H,2-37,41-43,46-49H2,1H3. The molecule has 1 rings (SSSR count). The minimum atomic E-state index is -0.0635. The van der Waals surface area contributed by atoms with Crippen LogP contribution in [0.3, 0.4) is 0 Å². The molecule has 0 unspecified atom stereocenters. The molecule has 0 aliphatic rings. The fourth-order valence-corrected chi connectivity index (χ4v) is 7.97. The van der Waals surface area contributed by atoms with Crippen molar-refractivity contribution in [1.82, 2.24) is 0 Å². The Labute approximate surface area is 349 Å². The van der Waals surface area contributed by atoms with E-state index in [4.69, 9.17) is 9.47 Å². The van der Waals surface area contributed by atoms with Gasteiger partial charge >= 0.3 is 11.9 Å². The lowest BCUT2D eigenvalue weighted by Gasteiger charge is -2.06. The number of esters is 2. The highest BCUT2D eigenvalue weighted by Gasteiger charge is 2.05. The lowest BCUT2D eigenvalue weighted by Crippen LogP contribution is -2.05. The normalized spacial score (nSPS) is 11.3. The number of hydrogen-bond acceptors (Lipinski definition) is 4. The zero-order valence-electron chi connectivity index (χ0n) is 37.4. The van der Waals surface area contributed by atoms with Crippen LogP contribution in [0, 0.1) is 0 Å². The summed E-state index contributed by atoms with van der Waals surface area (Å²) in [5.41, 5.74) is 1.06. The van der Waals surface area contributed by atoms with Crippen molar-refractivity contribution in [2.24, 2.45) is 0 Å². The highest BCUT2D eigenvalue weighted by molar-refractivity contribution is 5.69. The van der Waals surface area contributed by atoms with E-state index in [2.05, 4.69) is 6.92 Å². The van der Waals surface area contributed by atoms with E-state index >= 15 is 0 Å². The first-order valence-electron chi connectivity index (χ1n) is 25.1. The number of hydrogen-bond donors (Lipinski definition) is 0. The molecule has 0 amide bonds. The van der Waals surface area contributed by atoms with Crippen LogP contribution < -0.4 is 0 Å². The van der Waals surface area contributed by atoms with E-state index in [1.807, 2.05) is 30.3 Å². The Morgan fingerprint density at radius 3 is 0.929 bits per heavy atom. The molecule has 0 atom stereocenters. The second-order valence-corrected chi connectivity index (χ2v) is 17.3. The van der Waals surface area contributed by atoms with Crippen molar-refractivity contribution in [2.45, 2.75) is 277 Å². The Morgan fingerprint density at radius 1 is 0.339 bits per heavy atom. The molecule has 0 aliphatic carbocycles. The Balaban J connectivity index is 1.65. The summed E-state index contributed by atoms with van der Waals surface area (Å²) in [5.74, 6) is -0.0408. The van der Waals surface area contributed by atoms with Gasteiger partial charge in [-0.1, -0.05) is 268 Å². The van der Waals surface area contributed by atoms with Crippen LogP contribution in [0.5, 0.6) is 0 Å². The van der Waals surface area contributed by atoms with Gasteiger partial charge in [0.15, 0.2) is 0 Å². The summed E-state index contributed by atoms with van der Waals surface area (Å²) in [6, 6.07) is 9.92. The number of ether oxygens (including phenoxy) is 2. The van der Waals surface area contributed by atoms with Crippen molar-refractivity contribution in [2.75, 3.05) is 6.61 Å². The molecular weight excluding hydrogens is 689 g/mol. The Hall–Kier alpha value is -1.84. The van der Waals surface area contributed by atoms with Crippen molar-refractivity contribution in [3.05, 3.63) is 35.9 Å². The highest BCUT2D eigenvalue weighted by atomic mass is 16.5. The van der Waals surface area contributed by atoms with Gasteiger partial charge in [0.1, 0.15) is 6.61 Å². The summed E-state index contributed by atoms with van der Waals surface area (Å²) in [6.45, 7) is 3.31. The summed E-state index contributed by atoms with van der Waals surface area (Å²) >= 11 is 0. The number of unbranched alkanes of at least 4 members (excludes halogenated alkanes) is 37. The minimum Gasteiger partial charge on any atom is -0.466 e. The maximum absolute atomic E-state index is 12.0. The molecular formula is C52H94O4. The van der Waals surface area contributed by atoms with Crippen LogP contribution in [-0.2, 0) is 25.7 Å². The van der Waals surface area contributed by atoms with Gasteiger partial charge in [-0.05, 0) is 24.8 Å². The largest absolute Gasteiger partial charge is 0.466 e. The SMILES string of the molecule is CCCCCCCCCCCCCCCCCC(=O)OCCCCCCCCCCCCCCCCCCCCCCCCCCC(=O)OCc1ccccc1. The van der Waals surface area contributed by atoms with Gasteiger partial charge < -0.3 is 9.47 Å². The maximum atomic E-state index is 12.0. The molecule has 0 heterocycles. The third-order valence-corrected chi connectivity index (χ3v) is 11.8. The molecule has 0 spiro atoms. The molecule has 326 valence electrons. The number of carbonyl (C=O) groups is 2. The zero-order chi connectivity index (χ0) is 40.1. The van der Waals surface area contributed by atoms with Crippen LogP contribution in [0.1, 0.15) is 276 Å². The monoisotopic (exact) mass is 783 g/mol. The van der Waals surface area contributed by atoms with E-state index in [1.54, 1.807) is 0 Å². The molecule has 0 aliphatic heterocycles. The zero-order valence-corrected chi connectivity index (χ0v) is 37.4. The van der Waals surface area contributed by atoms with Crippen molar-refractivity contribution in [1.29, 1.82) is 0 Å². The molecule has 0 N–H and O–H groups in total. The fourth-order valence-electron chi connectivity index (χ4n) is 7.97. The molecule has 0 aromatic heterocycles. The second kappa shape index (κ2) is 44.3. The van der Waals surface area contributed by atoms with E-state index in [9.17, 15) is 9.59 Å². The van der Waals surface area contributed by atoms with Crippen LogP contribution in [0.2, 0.25) is 0 Å². The summed E-state index contributed by atoms with van der Waals surface area (Å²) in [6.07, 6.45) is 53.5. The average Bonchev–Trinajstić information content (AvgIpc) is 3.21. The van der Waals surface area contributed by atoms with E-state index in [0.717, 1.165) is 31.2 Å². The van der Waals surface area contributed by atoms with E-state index < -0.39 is 0 Å². The summed E-state index contributed by atoms with van der Waals surface area (Å²) in [4.78, 5) is 23.9. The molecule has 0 radical (unpaired) electrons. The number of benzene rings is 1. The maximum Gasteiger partial charge on any atom is 0.306 e. The van der Waals surface area contributed by atoms with Crippen LogP contribution in [0.15, 0.2) is 30.3 Å². The van der Waals surface area contributed by atoms with Crippen LogP contribution in [0.4, 0.5) is 0 Å². The van der Waals surface area contributed by atoms with Gasteiger partial charge in [0, 0.05) is 12.8 Å². The van der Waals surface area contributed by atoms with Gasteiger partial charge in [-0.25, -0.2) is 0 Å².